The molecule has 0 saturated heterocycles. The molecule has 1 aliphatic carbocycles. The number of rotatable bonds is 3. The van der Waals surface area contributed by atoms with Crippen molar-refractivity contribution >= 4 is 17.3 Å². The molecule has 94 valence electrons. The van der Waals surface area contributed by atoms with Gasteiger partial charge in [-0.1, -0.05) is 37.8 Å². The molecule has 0 heterocycles. The third-order valence-electron chi connectivity index (χ3n) is 3.65. The molecule has 1 aromatic rings. The van der Waals surface area contributed by atoms with Gasteiger partial charge in [-0.2, -0.15) is 0 Å². The van der Waals surface area contributed by atoms with E-state index in [1.807, 2.05) is 0 Å². The van der Waals surface area contributed by atoms with E-state index in [9.17, 15) is 4.39 Å². The monoisotopic (exact) mass is 255 g/mol. The highest BCUT2D eigenvalue weighted by Gasteiger charge is 2.21. The molecule has 1 nitrogen and oxygen atoms in total. The highest BCUT2D eigenvalue weighted by Crippen LogP contribution is 2.30. The first-order valence-corrected chi connectivity index (χ1v) is 6.78. The zero-order valence-corrected chi connectivity index (χ0v) is 10.9. The number of halogens is 2. The second-order valence-corrected chi connectivity index (χ2v) is 5.31. The summed E-state index contributed by atoms with van der Waals surface area (Å²) in [6.07, 6.45) is 6.24. The van der Waals surface area contributed by atoms with Gasteiger partial charge in [0, 0.05) is 6.04 Å². The van der Waals surface area contributed by atoms with E-state index in [0.29, 0.717) is 11.1 Å². The van der Waals surface area contributed by atoms with E-state index in [2.05, 4.69) is 12.2 Å². The molecule has 1 aromatic carbocycles. The maximum atomic E-state index is 12.9. The van der Waals surface area contributed by atoms with Crippen LogP contribution < -0.4 is 5.32 Å². The molecule has 1 fully saturated rings. The number of anilines is 1. The summed E-state index contributed by atoms with van der Waals surface area (Å²) in [6.45, 7) is 2.25. The van der Waals surface area contributed by atoms with E-state index in [1.165, 1.54) is 44.2 Å². The Labute approximate surface area is 107 Å². The summed E-state index contributed by atoms with van der Waals surface area (Å²) in [5, 5.41) is 3.92. The van der Waals surface area contributed by atoms with Crippen LogP contribution in [0, 0.1) is 11.7 Å². The summed E-state index contributed by atoms with van der Waals surface area (Å²) in [5.41, 5.74) is 0.856. The lowest BCUT2D eigenvalue weighted by Crippen LogP contribution is -2.27. The summed E-state index contributed by atoms with van der Waals surface area (Å²) in [4.78, 5) is 0. The van der Waals surface area contributed by atoms with Gasteiger partial charge in [0.25, 0.3) is 0 Å². The number of benzene rings is 1. The standard InChI is InChI=1S/C14H19ClFN/c1-2-10-4-3-5-12(8-10)17-14-7-6-11(16)9-13(14)15/h6-7,9-10,12,17H,2-5,8H2,1H3. The van der Waals surface area contributed by atoms with Gasteiger partial charge in [0.2, 0.25) is 0 Å². The molecule has 1 N–H and O–H groups in total. The van der Waals surface area contributed by atoms with Crippen molar-refractivity contribution in [2.45, 2.75) is 45.1 Å². The van der Waals surface area contributed by atoms with E-state index in [4.69, 9.17) is 11.6 Å². The lowest BCUT2D eigenvalue weighted by molar-refractivity contribution is 0.327. The van der Waals surface area contributed by atoms with Crippen LogP contribution >= 0.6 is 11.6 Å². The predicted molar refractivity (Wildman–Crippen MR) is 71.1 cm³/mol. The maximum Gasteiger partial charge on any atom is 0.124 e. The summed E-state index contributed by atoms with van der Waals surface area (Å²) >= 11 is 6.02. The Balaban J connectivity index is 2.00. The molecule has 1 saturated carbocycles. The van der Waals surface area contributed by atoms with Crippen molar-refractivity contribution in [3.63, 3.8) is 0 Å². The van der Waals surface area contributed by atoms with Gasteiger partial charge >= 0.3 is 0 Å². The second-order valence-electron chi connectivity index (χ2n) is 4.91. The van der Waals surface area contributed by atoms with E-state index in [1.54, 1.807) is 6.07 Å². The first kappa shape index (κ1) is 12.7. The van der Waals surface area contributed by atoms with Crippen LogP contribution in [0.15, 0.2) is 18.2 Å². The molecule has 1 aliphatic rings. The van der Waals surface area contributed by atoms with Crippen LogP contribution in [0.1, 0.15) is 39.0 Å². The molecule has 0 bridgehead atoms. The van der Waals surface area contributed by atoms with E-state index in [0.717, 1.165) is 11.6 Å². The molecule has 2 atom stereocenters. The van der Waals surface area contributed by atoms with Crippen LogP contribution in [0.2, 0.25) is 5.02 Å². The fourth-order valence-electron chi connectivity index (χ4n) is 2.62. The van der Waals surface area contributed by atoms with Crippen molar-refractivity contribution in [2.75, 3.05) is 5.32 Å². The molecule has 0 aliphatic heterocycles. The Morgan fingerprint density at radius 2 is 2.24 bits per heavy atom. The first-order valence-electron chi connectivity index (χ1n) is 6.40. The van der Waals surface area contributed by atoms with Crippen molar-refractivity contribution in [2.24, 2.45) is 5.92 Å². The highest BCUT2D eigenvalue weighted by atomic mass is 35.5. The van der Waals surface area contributed by atoms with Crippen LogP contribution in [0.5, 0.6) is 0 Å². The quantitative estimate of drug-likeness (QED) is 0.813. The van der Waals surface area contributed by atoms with Gasteiger partial charge in [-0.3, -0.25) is 0 Å². The zero-order valence-electron chi connectivity index (χ0n) is 10.2. The molecular formula is C14H19ClFN. The normalized spacial score (nSPS) is 24.6. The Morgan fingerprint density at radius 3 is 2.94 bits per heavy atom. The SMILES string of the molecule is CCC1CCCC(Nc2ccc(F)cc2Cl)C1. The fourth-order valence-corrected chi connectivity index (χ4v) is 2.84. The molecule has 2 rings (SSSR count). The van der Waals surface area contributed by atoms with Gasteiger partial charge in [0.1, 0.15) is 5.82 Å². The van der Waals surface area contributed by atoms with Crippen molar-refractivity contribution in [3.05, 3.63) is 29.0 Å². The van der Waals surface area contributed by atoms with Crippen LogP contribution in [0.3, 0.4) is 0 Å². The largest absolute Gasteiger partial charge is 0.381 e. The second kappa shape index (κ2) is 5.72. The Kier molecular flexibility index (Phi) is 4.27. The van der Waals surface area contributed by atoms with Gasteiger partial charge in [0.15, 0.2) is 0 Å². The van der Waals surface area contributed by atoms with Gasteiger partial charge in [0.05, 0.1) is 10.7 Å². The molecule has 0 radical (unpaired) electrons. The molecule has 0 amide bonds. The van der Waals surface area contributed by atoms with E-state index in [-0.39, 0.29) is 5.82 Å². The summed E-state index contributed by atoms with van der Waals surface area (Å²) in [7, 11) is 0. The van der Waals surface area contributed by atoms with E-state index < -0.39 is 0 Å². The number of hydrogen-bond acceptors (Lipinski definition) is 1. The fraction of sp³-hybridized carbons (Fsp3) is 0.571. The van der Waals surface area contributed by atoms with Crippen molar-refractivity contribution < 1.29 is 4.39 Å². The van der Waals surface area contributed by atoms with Crippen molar-refractivity contribution in [1.82, 2.24) is 0 Å². The van der Waals surface area contributed by atoms with Crippen molar-refractivity contribution in [3.8, 4) is 0 Å². The smallest absolute Gasteiger partial charge is 0.124 e. The zero-order chi connectivity index (χ0) is 12.3. The Hall–Kier alpha value is -0.760. The van der Waals surface area contributed by atoms with Crippen LogP contribution in [0.4, 0.5) is 10.1 Å². The van der Waals surface area contributed by atoms with Gasteiger partial charge in [-0.15, -0.1) is 0 Å². The van der Waals surface area contributed by atoms with Gasteiger partial charge < -0.3 is 5.32 Å². The molecule has 0 aromatic heterocycles. The number of nitrogens with one attached hydrogen (secondary N) is 1. The lowest BCUT2D eigenvalue weighted by atomic mass is 9.84. The number of hydrogen-bond donors (Lipinski definition) is 1. The Bertz CT molecular complexity index is 380. The minimum Gasteiger partial charge on any atom is -0.381 e. The summed E-state index contributed by atoms with van der Waals surface area (Å²) in [6, 6.07) is 5.03. The van der Waals surface area contributed by atoms with Crippen LogP contribution in [0.25, 0.3) is 0 Å². The van der Waals surface area contributed by atoms with Gasteiger partial charge in [-0.25, -0.2) is 4.39 Å². The average Bonchev–Trinajstić information content (AvgIpc) is 2.33. The lowest BCUT2D eigenvalue weighted by Gasteiger charge is -2.30. The molecule has 0 spiro atoms. The third kappa shape index (κ3) is 3.35. The summed E-state index contributed by atoms with van der Waals surface area (Å²) < 4.78 is 12.9. The van der Waals surface area contributed by atoms with Crippen LogP contribution in [-0.2, 0) is 0 Å². The van der Waals surface area contributed by atoms with Crippen LogP contribution in [-0.4, -0.2) is 6.04 Å². The third-order valence-corrected chi connectivity index (χ3v) is 3.96. The molecule has 17 heavy (non-hydrogen) atoms. The topological polar surface area (TPSA) is 12.0 Å². The average molecular weight is 256 g/mol. The maximum absolute atomic E-state index is 12.9. The minimum atomic E-state index is -0.282. The van der Waals surface area contributed by atoms with Gasteiger partial charge in [-0.05, 0) is 37.0 Å². The first-order chi connectivity index (χ1) is 8.19. The molecular weight excluding hydrogens is 237 g/mol. The molecule has 2 unspecified atom stereocenters. The molecule has 3 heteroatoms. The highest BCUT2D eigenvalue weighted by molar-refractivity contribution is 6.33. The minimum absolute atomic E-state index is 0.282. The predicted octanol–water partition coefficient (Wildman–Crippen LogP) is 4.86. The van der Waals surface area contributed by atoms with Crippen molar-refractivity contribution in [1.29, 1.82) is 0 Å². The Morgan fingerprint density at radius 1 is 1.41 bits per heavy atom. The van der Waals surface area contributed by atoms with E-state index >= 15 is 0 Å². The summed E-state index contributed by atoms with van der Waals surface area (Å²) in [5.74, 6) is 0.538.